The summed E-state index contributed by atoms with van der Waals surface area (Å²) in [6.07, 6.45) is 0. The molecule has 6 nitrogen and oxygen atoms in total. The van der Waals surface area contributed by atoms with Crippen molar-refractivity contribution in [3.8, 4) is 0 Å². The Kier molecular flexibility index (Phi) is 7.30. The number of nitrogens with zero attached hydrogens (tertiary/aromatic N) is 1. The largest absolute Gasteiger partial charge is 0.324 e. The first kappa shape index (κ1) is 24.6. The molecule has 1 N–H and O–H groups in total. The van der Waals surface area contributed by atoms with Crippen LogP contribution in [0.3, 0.4) is 0 Å². The first-order valence-electron chi connectivity index (χ1n) is 10.3. The molecule has 0 atom stereocenters. The first-order chi connectivity index (χ1) is 16.8. The minimum absolute atomic E-state index is 0.0288. The Balaban J connectivity index is 1.65. The molecule has 1 heterocycles. The van der Waals surface area contributed by atoms with Crippen molar-refractivity contribution in [3.63, 3.8) is 0 Å². The normalized spacial score (nSPS) is 11.1. The van der Waals surface area contributed by atoms with Gasteiger partial charge in [0.2, 0.25) is 5.91 Å². The highest BCUT2D eigenvalue weighted by Gasteiger charge is 2.28. The van der Waals surface area contributed by atoms with Gasteiger partial charge in [0.05, 0.1) is 11.4 Å². The third kappa shape index (κ3) is 5.59. The zero-order valence-corrected chi connectivity index (χ0v) is 20.4. The fraction of sp³-hybridized carbons (Fsp3) is 0.0400. The Labute approximate surface area is 210 Å². The smallest absolute Gasteiger partial charge is 0.274 e. The lowest BCUT2D eigenvalue weighted by atomic mass is 10.0. The average Bonchev–Trinajstić information content (AvgIpc) is 3.40. The Hall–Kier alpha value is -3.53. The highest BCUT2D eigenvalue weighted by molar-refractivity contribution is 7.94. The van der Waals surface area contributed by atoms with Crippen LogP contribution in [-0.2, 0) is 14.8 Å². The van der Waals surface area contributed by atoms with Crippen LogP contribution in [0.25, 0.3) is 0 Å². The lowest BCUT2D eigenvalue weighted by molar-refractivity contribution is -0.114. The van der Waals surface area contributed by atoms with Crippen LogP contribution in [0, 0.1) is 5.82 Å². The predicted molar refractivity (Wildman–Crippen MR) is 135 cm³/mol. The predicted octanol–water partition coefficient (Wildman–Crippen LogP) is 5.61. The maximum atomic E-state index is 13.5. The van der Waals surface area contributed by atoms with Gasteiger partial charge >= 0.3 is 0 Å². The summed E-state index contributed by atoms with van der Waals surface area (Å²) in [5.41, 5.74) is 0.859. The summed E-state index contributed by atoms with van der Waals surface area (Å²) in [6, 6.07) is 20.7. The number of nitrogens with one attached hydrogen (secondary N) is 1. The van der Waals surface area contributed by atoms with Crippen molar-refractivity contribution >= 4 is 56.0 Å². The number of ketones is 1. The van der Waals surface area contributed by atoms with Crippen molar-refractivity contribution in [2.24, 2.45) is 0 Å². The summed E-state index contributed by atoms with van der Waals surface area (Å²) in [5.74, 6) is -1.60. The molecule has 1 amide bonds. The van der Waals surface area contributed by atoms with Crippen LogP contribution < -0.4 is 9.62 Å². The van der Waals surface area contributed by atoms with E-state index < -0.39 is 28.3 Å². The highest BCUT2D eigenvalue weighted by atomic mass is 35.5. The van der Waals surface area contributed by atoms with E-state index in [1.54, 1.807) is 41.8 Å². The van der Waals surface area contributed by atoms with Gasteiger partial charge in [-0.1, -0.05) is 48.0 Å². The topological polar surface area (TPSA) is 83.6 Å². The Morgan fingerprint density at radius 2 is 1.66 bits per heavy atom. The molecule has 0 unspecified atom stereocenters. The lowest BCUT2D eigenvalue weighted by Crippen LogP contribution is -2.38. The van der Waals surface area contributed by atoms with Gasteiger partial charge in [-0.25, -0.2) is 12.8 Å². The number of rotatable bonds is 8. The quantitative estimate of drug-likeness (QED) is 0.301. The number of carbonyl (C=O) groups excluding carboxylic acids is 2. The molecule has 35 heavy (non-hydrogen) atoms. The number of hydrogen-bond acceptors (Lipinski definition) is 5. The number of benzene rings is 3. The second-order valence-corrected chi connectivity index (χ2v) is 10.8. The van der Waals surface area contributed by atoms with Crippen molar-refractivity contribution in [2.45, 2.75) is 4.21 Å². The van der Waals surface area contributed by atoms with Crippen LogP contribution in [0.15, 0.2) is 94.5 Å². The summed E-state index contributed by atoms with van der Waals surface area (Å²) in [6.45, 7) is -0.604. The van der Waals surface area contributed by atoms with Crippen molar-refractivity contribution in [3.05, 3.63) is 112 Å². The summed E-state index contributed by atoms with van der Waals surface area (Å²) in [4.78, 5) is 26.1. The summed E-state index contributed by atoms with van der Waals surface area (Å²) >= 11 is 7.09. The third-order valence-electron chi connectivity index (χ3n) is 4.98. The zero-order chi connectivity index (χ0) is 25.0. The van der Waals surface area contributed by atoms with Crippen LogP contribution >= 0.6 is 22.9 Å². The van der Waals surface area contributed by atoms with Crippen molar-refractivity contribution in [2.75, 3.05) is 16.2 Å². The molecule has 0 saturated carbocycles. The van der Waals surface area contributed by atoms with E-state index >= 15 is 0 Å². The van der Waals surface area contributed by atoms with Crippen LogP contribution in [0.5, 0.6) is 0 Å². The first-order valence-corrected chi connectivity index (χ1v) is 13.0. The summed E-state index contributed by atoms with van der Waals surface area (Å²) < 4.78 is 40.9. The Bertz CT molecular complexity index is 1460. The van der Waals surface area contributed by atoms with Gasteiger partial charge in [0.15, 0.2) is 5.78 Å². The monoisotopic (exact) mass is 528 g/mol. The fourth-order valence-electron chi connectivity index (χ4n) is 3.32. The second kappa shape index (κ2) is 10.4. The number of anilines is 2. The number of carbonyl (C=O) groups is 2. The fourth-order valence-corrected chi connectivity index (χ4v) is 6.02. The molecular formula is C25H18ClFN2O4S2. The van der Waals surface area contributed by atoms with Crippen molar-refractivity contribution in [1.82, 2.24) is 0 Å². The van der Waals surface area contributed by atoms with Crippen LogP contribution in [0.2, 0.25) is 5.02 Å². The standard InChI is InChI=1S/C25H18ClFN2O4S2/c26-18-8-13-22(21(15-18)25(31)17-5-2-1-3-6-17)28-23(30)16-29(20-11-9-19(27)10-12-20)35(32,33)24-7-4-14-34-24/h1-15H,16H2,(H,28,30). The van der Waals surface area contributed by atoms with E-state index in [2.05, 4.69) is 5.32 Å². The molecule has 10 heteroatoms. The maximum absolute atomic E-state index is 13.5. The van der Waals surface area contributed by atoms with Crippen molar-refractivity contribution < 1.29 is 22.4 Å². The van der Waals surface area contributed by atoms with Gasteiger partial charge in [-0.2, -0.15) is 0 Å². The number of hydrogen-bond donors (Lipinski definition) is 1. The maximum Gasteiger partial charge on any atom is 0.274 e. The molecule has 4 aromatic rings. The lowest BCUT2D eigenvalue weighted by Gasteiger charge is -2.23. The molecule has 0 aliphatic rings. The molecule has 0 radical (unpaired) electrons. The Morgan fingerprint density at radius 3 is 2.31 bits per heavy atom. The van der Waals surface area contributed by atoms with E-state index in [9.17, 15) is 22.4 Å². The molecule has 178 valence electrons. The number of sulfonamides is 1. The van der Waals surface area contributed by atoms with Crippen LogP contribution in [0.4, 0.5) is 15.8 Å². The minimum atomic E-state index is -4.11. The Morgan fingerprint density at radius 1 is 0.943 bits per heavy atom. The van der Waals surface area contributed by atoms with Crippen LogP contribution in [0.1, 0.15) is 15.9 Å². The molecule has 4 rings (SSSR count). The molecule has 0 spiro atoms. The molecule has 0 aliphatic heterocycles. The van der Waals surface area contributed by atoms with E-state index in [1.165, 1.54) is 36.4 Å². The molecular weight excluding hydrogens is 511 g/mol. The van der Waals surface area contributed by atoms with Gasteiger partial charge < -0.3 is 5.32 Å². The van der Waals surface area contributed by atoms with E-state index in [0.717, 1.165) is 27.8 Å². The summed E-state index contributed by atoms with van der Waals surface area (Å²) in [5, 5.41) is 4.53. The van der Waals surface area contributed by atoms with E-state index in [4.69, 9.17) is 11.6 Å². The molecule has 3 aromatic carbocycles. The van der Waals surface area contributed by atoms with E-state index in [0.29, 0.717) is 10.6 Å². The average molecular weight is 529 g/mol. The van der Waals surface area contributed by atoms with Gasteiger partial charge in [0.25, 0.3) is 10.0 Å². The summed E-state index contributed by atoms with van der Waals surface area (Å²) in [7, 11) is -4.11. The molecule has 0 aliphatic carbocycles. The number of thiophene rings is 1. The number of amides is 1. The second-order valence-electron chi connectivity index (χ2n) is 7.35. The third-order valence-corrected chi connectivity index (χ3v) is 8.36. The van der Waals surface area contributed by atoms with Gasteiger partial charge in [-0.3, -0.25) is 13.9 Å². The molecule has 0 fully saturated rings. The van der Waals surface area contributed by atoms with E-state index in [1.807, 2.05) is 0 Å². The molecule has 0 saturated heterocycles. The minimum Gasteiger partial charge on any atom is -0.324 e. The molecule has 1 aromatic heterocycles. The van der Waals surface area contributed by atoms with Gasteiger partial charge in [-0.05, 0) is 53.9 Å². The van der Waals surface area contributed by atoms with Gasteiger partial charge in [0, 0.05) is 16.1 Å². The van der Waals surface area contributed by atoms with Crippen molar-refractivity contribution in [1.29, 1.82) is 0 Å². The molecule has 0 bridgehead atoms. The highest BCUT2D eigenvalue weighted by Crippen LogP contribution is 2.28. The van der Waals surface area contributed by atoms with Crippen LogP contribution in [-0.4, -0.2) is 26.7 Å². The van der Waals surface area contributed by atoms with Gasteiger partial charge in [0.1, 0.15) is 16.6 Å². The van der Waals surface area contributed by atoms with E-state index in [-0.39, 0.29) is 26.9 Å². The van der Waals surface area contributed by atoms with Gasteiger partial charge in [-0.15, -0.1) is 11.3 Å². The SMILES string of the molecule is O=C(CN(c1ccc(F)cc1)S(=O)(=O)c1cccs1)Nc1ccc(Cl)cc1C(=O)c1ccccc1. The zero-order valence-electron chi connectivity index (χ0n) is 18.0. The number of halogens is 2.